The number of hydrogen-bond acceptors (Lipinski definition) is 5. The van der Waals surface area contributed by atoms with E-state index in [0.717, 1.165) is 25.7 Å². The molecule has 0 saturated heterocycles. The highest BCUT2D eigenvalue weighted by atomic mass is 32.1. The van der Waals surface area contributed by atoms with Crippen LogP contribution in [0.25, 0.3) is 0 Å². The van der Waals surface area contributed by atoms with Gasteiger partial charge in [0.05, 0.1) is 11.3 Å². The second-order valence-electron chi connectivity index (χ2n) is 5.96. The molecule has 0 bridgehead atoms. The van der Waals surface area contributed by atoms with Gasteiger partial charge in [-0.05, 0) is 56.4 Å². The first kappa shape index (κ1) is 17.2. The predicted molar refractivity (Wildman–Crippen MR) is 95.6 cm³/mol. The SMILES string of the molecule is C[C@@H](OC(=O)c1cc2c(s1)CCCC2)C(=O)Nc1ccccc1C#N. The molecular weight excluding hydrogens is 336 g/mol. The number of benzene rings is 1. The summed E-state index contributed by atoms with van der Waals surface area (Å²) in [5, 5.41) is 11.7. The highest BCUT2D eigenvalue weighted by Gasteiger charge is 2.23. The summed E-state index contributed by atoms with van der Waals surface area (Å²) >= 11 is 1.46. The summed E-state index contributed by atoms with van der Waals surface area (Å²) in [6, 6.07) is 10.6. The first-order valence-corrected chi connectivity index (χ1v) is 9.02. The number of nitriles is 1. The van der Waals surface area contributed by atoms with Gasteiger partial charge in [0.15, 0.2) is 6.10 Å². The topological polar surface area (TPSA) is 79.2 Å². The van der Waals surface area contributed by atoms with Crippen molar-refractivity contribution in [3.8, 4) is 6.07 Å². The number of para-hydroxylation sites is 1. The molecule has 5 nitrogen and oxygen atoms in total. The number of carbonyl (C=O) groups excluding carboxylic acids is 2. The summed E-state index contributed by atoms with van der Waals surface area (Å²) in [6.07, 6.45) is 3.36. The molecule has 1 heterocycles. The van der Waals surface area contributed by atoms with Gasteiger partial charge in [0.1, 0.15) is 10.9 Å². The lowest BCUT2D eigenvalue weighted by molar-refractivity contribution is -0.123. The van der Waals surface area contributed by atoms with Crippen LogP contribution in [0.2, 0.25) is 0 Å². The zero-order valence-electron chi connectivity index (χ0n) is 13.9. The van der Waals surface area contributed by atoms with Crippen LogP contribution in [-0.4, -0.2) is 18.0 Å². The first-order chi connectivity index (χ1) is 12.1. The maximum Gasteiger partial charge on any atom is 0.349 e. The first-order valence-electron chi connectivity index (χ1n) is 8.21. The number of rotatable bonds is 4. The van der Waals surface area contributed by atoms with Crippen molar-refractivity contribution < 1.29 is 14.3 Å². The molecule has 0 aliphatic heterocycles. The third-order valence-corrected chi connectivity index (χ3v) is 5.37. The fraction of sp³-hybridized carbons (Fsp3) is 0.316. The maximum absolute atomic E-state index is 12.3. The van der Waals surface area contributed by atoms with Gasteiger partial charge >= 0.3 is 5.97 Å². The van der Waals surface area contributed by atoms with Gasteiger partial charge in [-0.15, -0.1) is 11.3 Å². The summed E-state index contributed by atoms with van der Waals surface area (Å²) in [4.78, 5) is 26.4. The van der Waals surface area contributed by atoms with E-state index in [1.165, 1.54) is 28.7 Å². The van der Waals surface area contributed by atoms with Gasteiger partial charge in [-0.1, -0.05) is 12.1 Å². The summed E-state index contributed by atoms with van der Waals surface area (Å²) in [6.45, 7) is 1.52. The third kappa shape index (κ3) is 3.89. The number of esters is 1. The van der Waals surface area contributed by atoms with Gasteiger partial charge in [0.25, 0.3) is 5.91 Å². The van der Waals surface area contributed by atoms with Gasteiger partial charge in [-0.25, -0.2) is 4.79 Å². The van der Waals surface area contributed by atoms with Gasteiger partial charge in [0.2, 0.25) is 0 Å². The Kier molecular flexibility index (Phi) is 5.15. The quantitative estimate of drug-likeness (QED) is 0.850. The molecule has 128 valence electrons. The number of aryl methyl sites for hydroxylation is 2. The zero-order chi connectivity index (χ0) is 17.8. The molecule has 6 heteroatoms. The van der Waals surface area contributed by atoms with Crippen molar-refractivity contribution in [2.75, 3.05) is 5.32 Å². The van der Waals surface area contributed by atoms with Crippen LogP contribution in [0.4, 0.5) is 5.69 Å². The molecule has 1 aromatic carbocycles. The molecule has 0 spiro atoms. The molecule has 1 aromatic heterocycles. The number of ether oxygens (including phenoxy) is 1. The fourth-order valence-electron chi connectivity index (χ4n) is 2.79. The Morgan fingerprint density at radius 1 is 1.28 bits per heavy atom. The average molecular weight is 354 g/mol. The van der Waals surface area contributed by atoms with Crippen LogP contribution in [-0.2, 0) is 22.4 Å². The lowest BCUT2D eigenvalue weighted by Gasteiger charge is -2.13. The van der Waals surface area contributed by atoms with Crippen molar-refractivity contribution in [1.29, 1.82) is 5.26 Å². The molecule has 1 N–H and O–H groups in total. The molecule has 1 aliphatic rings. The normalized spacial score (nSPS) is 14.1. The van der Waals surface area contributed by atoms with Crippen LogP contribution in [0.3, 0.4) is 0 Å². The average Bonchev–Trinajstić information content (AvgIpc) is 3.06. The van der Waals surface area contributed by atoms with Crippen LogP contribution >= 0.6 is 11.3 Å². The zero-order valence-corrected chi connectivity index (χ0v) is 14.7. The van der Waals surface area contributed by atoms with Gasteiger partial charge in [-0.3, -0.25) is 4.79 Å². The lowest BCUT2D eigenvalue weighted by atomic mass is 9.99. The van der Waals surface area contributed by atoms with Crippen molar-refractivity contribution in [2.24, 2.45) is 0 Å². The Bertz CT molecular complexity index is 827. The van der Waals surface area contributed by atoms with E-state index in [2.05, 4.69) is 5.32 Å². The van der Waals surface area contributed by atoms with Crippen LogP contribution in [0.15, 0.2) is 30.3 Å². The van der Waals surface area contributed by atoms with E-state index in [-0.39, 0.29) is 0 Å². The van der Waals surface area contributed by atoms with Crippen molar-refractivity contribution in [1.82, 2.24) is 0 Å². The predicted octanol–water partition coefficient (Wildman–Crippen LogP) is 3.68. The minimum atomic E-state index is -0.946. The van der Waals surface area contributed by atoms with Gasteiger partial charge < -0.3 is 10.1 Å². The molecular formula is C19H18N2O3S. The minimum absolute atomic E-state index is 0.361. The summed E-state index contributed by atoms with van der Waals surface area (Å²) in [5.41, 5.74) is 1.99. The van der Waals surface area contributed by atoms with E-state index in [1.54, 1.807) is 24.3 Å². The molecule has 0 fully saturated rings. The van der Waals surface area contributed by atoms with E-state index in [9.17, 15) is 9.59 Å². The number of amides is 1. The van der Waals surface area contributed by atoms with Crippen molar-refractivity contribution in [2.45, 2.75) is 38.7 Å². The highest BCUT2D eigenvalue weighted by molar-refractivity contribution is 7.14. The largest absolute Gasteiger partial charge is 0.448 e. The smallest absolute Gasteiger partial charge is 0.349 e. The molecule has 25 heavy (non-hydrogen) atoms. The van der Waals surface area contributed by atoms with Crippen LogP contribution in [0, 0.1) is 11.3 Å². The molecule has 1 atom stereocenters. The van der Waals surface area contributed by atoms with Crippen LogP contribution in [0.5, 0.6) is 0 Å². The number of nitrogens with zero attached hydrogens (tertiary/aromatic N) is 1. The molecule has 0 radical (unpaired) electrons. The Labute approximate surface area is 150 Å². The number of carbonyl (C=O) groups is 2. The number of hydrogen-bond donors (Lipinski definition) is 1. The summed E-state index contributed by atoms with van der Waals surface area (Å²) in [5.74, 6) is -0.937. The Balaban J connectivity index is 1.64. The van der Waals surface area contributed by atoms with Crippen molar-refractivity contribution in [3.05, 3.63) is 51.2 Å². The molecule has 1 aliphatic carbocycles. The van der Waals surface area contributed by atoms with E-state index in [0.29, 0.717) is 16.1 Å². The van der Waals surface area contributed by atoms with Crippen LogP contribution in [0.1, 0.15) is 45.4 Å². The highest BCUT2D eigenvalue weighted by Crippen LogP contribution is 2.30. The Morgan fingerprint density at radius 2 is 2.04 bits per heavy atom. The molecule has 3 rings (SSSR count). The van der Waals surface area contributed by atoms with E-state index >= 15 is 0 Å². The molecule has 2 aromatic rings. The number of fused-ring (bicyclic) bond motifs is 1. The minimum Gasteiger partial charge on any atom is -0.448 e. The van der Waals surface area contributed by atoms with Crippen molar-refractivity contribution in [3.63, 3.8) is 0 Å². The fourth-order valence-corrected chi connectivity index (χ4v) is 3.92. The second kappa shape index (κ2) is 7.49. The molecule has 0 unspecified atom stereocenters. The number of thiophene rings is 1. The van der Waals surface area contributed by atoms with Crippen LogP contribution < -0.4 is 5.32 Å². The van der Waals surface area contributed by atoms with E-state index < -0.39 is 18.0 Å². The third-order valence-electron chi connectivity index (χ3n) is 4.16. The summed E-state index contributed by atoms with van der Waals surface area (Å²) in [7, 11) is 0. The monoisotopic (exact) mass is 354 g/mol. The van der Waals surface area contributed by atoms with E-state index in [4.69, 9.17) is 10.00 Å². The maximum atomic E-state index is 12.3. The Hall–Kier alpha value is -2.65. The molecule has 0 saturated carbocycles. The molecule has 1 amide bonds. The standard InChI is InChI=1S/C19H18N2O3S/c1-12(18(22)21-15-8-4-2-7-14(15)11-20)24-19(23)17-10-13-6-3-5-9-16(13)25-17/h2,4,7-8,10,12H,3,5-6,9H2,1H3,(H,21,22)/t12-/m1/s1. The Morgan fingerprint density at radius 3 is 2.80 bits per heavy atom. The van der Waals surface area contributed by atoms with Gasteiger partial charge in [-0.2, -0.15) is 5.26 Å². The lowest BCUT2D eigenvalue weighted by Crippen LogP contribution is -2.30. The van der Waals surface area contributed by atoms with Crippen molar-refractivity contribution >= 4 is 28.9 Å². The van der Waals surface area contributed by atoms with E-state index in [1.807, 2.05) is 12.1 Å². The number of anilines is 1. The van der Waals surface area contributed by atoms with Gasteiger partial charge in [0, 0.05) is 4.88 Å². The second-order valence-corrected chi connectivity index (χ2v) is 7.10. The number of nitrogens with one attached hydrogen (secondary N) is 1. The summed E-state index contributed by atoms with van der Waals surface area (Å²) < 4.78 is 5.30.